The van der Waals surface area contributed by atoms with Crippen molar-refractivity contribution in [1.82, 2.24) is 9.55 Å². The monoisotopic (exact) mass is 246 g/mol. The third-order valence-corrected chi connectivity index (χ3v) is 2.78. The van der Waals surface area contributed by atoms with Crippen LogP contribution in [0.3, 0.4) is 0 Å². The SMILES string of the molecule is CC(C)n1c(-c2ccccc2)cc(=S)[nH]c1=O. The van der Waals surface area contributed by atoms with Crippen molar-refractivity contribution >= 4 is 12.2 Å². The fraction of sp³-hybridized carbons (Fsp3) is 0.231. The third-order valence-electron chi connectivity index (χ3n) is 2.56. The van der Waals surface area contributed by atoms with Crippen molar-refractivity contribution in [3.8, 4) is 11.3 Å². The Morgan fingerprint density at radius 1 is 1.24 bits per heavy atom. The predicted octanol–water partition coefficient (Wildman–Crippen LogP) is 3.15. The van der Waals surface area contributed by atoms with E-state index in [-0.39, 0.29) is 11.7 Å². The summed E-state index contributed by atoms with van der Waals surface area (Å²) in [5, 5.41) is 0. The normalized spacial score (nSPS) is 10.8. The summed E-state index contributed by atoms with van der Waals surface area (Å²) in [4.78, 5) is 14.6. The van der Waals surface area contributed by atoms with Crippen molar-refractivity contribution in [2.24, 2.45) is 0 Å². The van der Waals surface area contributed by atoms with Gasteiger partial charge in [-0.3, -0.25) is 9.55 Å². The topological polar surface area (TPSA) is 37.8 Å². The smallest absolute Gasteiger partial charge is 0.298 e. The molecule has 0 saturated heterocycles. The summed E-state index contributed by atoms with van der Waals surface area (Å²) in [5.74, 6) is 0. The van der Waals surface area contributed by atoms with Crippen molar-refractivity contribution in [2.75, 3.05) is 0 Å². The number of nitrogens with zero attached hydrogens (tertiary/aromatic N) is 1. The Morgan fingerprint density at radius 2 is 1.88 bits per heavy atom. The maximum absolute atomic E-state index is 11.9. The minimum atomic E-state index is -0.161. The van der Waals surface area contributed by atoms with Crippen LogP contribution in [-0.2, 0) is 0 Å². The van der Waals surface area contributed by atoms with Crippen LogP contribution in [0.15, 0.2) is 41.2 Å². The summed E-state index contributed by atoms with van der Waals surface area (Å²) in [7, 11) is 0. The molecule has 0 unspecified atom stereocenters. The molecule has 1 aromatic carbocycles. The van der Waals surface area contributed by atoms with Gasteiger partial charge in [0, 0.05) is 6.04 Å². The highest BCUT2D eigenvalue weighted by atomic mass is 32.1. The van der Waals surface area contributed by atoms with Crippen LogP contribution in [0.1, 0.15) is 19.9 Å². The van der Waals surface area contributed by atoms with E-state index in [0.717, 1.165) is 11.3 Å². The van der Waals surface area contributed by atoms with Gasteiger partial charge in [0.25, 0.3) is 0 Å². The molecule has 0 amide bonds. The lowest BCUT2D eigenvalue weighted by atomic mass is 10.1. The summed E-state index contributed by atoms with van der Waals surface area (Å²) in [6, 6.07) is 11.7. The van der Waals surface area contributed by atoms with Crippen molar-refractivity contribution in [3.05, 3.63) is 51.5 Å². The number of benzene rings is 1. The first-order chi connectivity index (χ1) is 8.09. The summed E-state index contributed by atoms with van der Waals surface area (Å²) < 4.78 is 2.18. The molecular weight excluding hydrogens is 232 g/mol. The lowest BCUT2D eigenvalue weighted by Gasteiger charge is -2.15. The summed E-state index contributed by atoms with van der Waals surface area (Å²) >= 11 is 5.06. The van der Waals surface area contributed by atoms with E-state index in [0.29, 0.717) is 4.64 Å². The lowest BCUT2D eigenvalue weighted by molar-refractivity contribution is 0.569. The van der Waals surface area contributed by atoms with Crippen molar-refractivity contribution in [3.63, 3.8) is 0 Å². The van der Waals surface area contributed by atoms with Gasteiger partial charge in [-0.1, -0.05) is 42.5 Å². The van der Waals surface area contributed by atoms with Crippen LogP contribution in [0.5, 0.6) is 0 Å². The molecule has 88 valence electrons. The molecule has 0 aliphatic rings. The maximum Gasteiger partial charge on any atom is 0.327 e. The zero-order valence-electron chi connectivity index (χ0n) is 9.81. The number of hydrogen-bond acceptors (Lipinski definition) is 2. The molecule has 0 atom stereocenters. The summed E-state index contributed by atoms with van der Waals surface area (Å²) in [5.41, 5.74) is 1.69. The van der Waals surface area contributed by atoms with Gasteiger partial charge in [-0.2, -0.15) is 0 Å². The first kappa shape index (κ1) is 11.8. The fourth-order valence-electron chi connectivity index (χ4n) is 1.85. The molecule has 0 spiro atoms. The molecule has 1 heterocycles. The Labute approximate surface area is 105 Å². The molecular formula is C13H14N2OS. The maximum atomic E-state index is 11.9. The van der Waals surface area contributed by atoms with Gasteiger partial charge in [0.1, 0.15) is 4.64 Å². The number of hydrogen-bond donors (Lipinski definition) is 1. The highest BCUT2D eigenvalue weighted by molar-refractivity contribution is 7.71. The molecule has 0 saturated carbocycles. The van der Waals surface area contributed by atoms with Crippen LogP contribution >= 0.6 is 12.2 Å². The van der Waals surface area contributed by atoms with Gasteiger partial charge in [0.15, 0.2) is 0 Å². The number of aromatic amines is 1. The largest absolute Gasteiger partial charge is 0.327 e. The van der Waals surface area contributed by atoms with Crippen LogP contribution < -0.4 is 5.69 Å². The molecule has 2 aromatic rings. The Hall–Kier alpha value is -1.68. The van der Waals surface area contributed by atoms with E-state index in [1.807, 2.05) is 50.2 Å². The van der Waals surface area contributed by atoms with E-state index in [9.17, 15) is 4.79 Å². The molecule has 17 heavy (non-hydrogen) atoms. The minimum absolute atomic E-state index is 0.0876. The zero-order valence-corrected chi connectivity index (χ0v) is 10.6. The lowest BCUT2D eigenvalue weighted by Crippen LogP contribution is -2.26. The third kappa shape index (κ3) is 2.36. The average Bonchev–Trinajstić information content (AvgIpc) is 2.28. The van der Waals surface area contributed by atoms with Gasteiger partial charge >= 0.3 is 5.69 Å². The van der Waals surface area contributed by atoms with Crippen LogP contribution in [-0.4, -0.2) is 9.55 Å². The number of nitrogens with one attached hydrogen (secondary N) is 1. The molecule has 0 bridgehead atoms. The number of aromatic nitrogens is 2. The molecule has 0 aliphatic heterocycles. The molecule has 0 radical (unpaired) electrons. The van der Waals surface area contributed by atoms with Gasteiger partial charge in [0.2, 0.25) is 0 Å². The second-order valence-corrected chi connectivity index (χ2v) is 4.59. The average molecular weight is 246 g/mol. The van der Waals surface area contributed by atoms with Gasteiger partial charge in [0.05, 0.1) is 5.69 Å². The first-order valence-corrected chi connectivity index (χ1v) is 5.91. The summed E-state index contributed by atoms with van der Waals surface area (Å²) in [6.07, 6.45) is 0. The molecule has 4 heteroatoms. The van der Waals surface area contributed by atoms with Crippen molar-refractivity contribution in [1.29, 1.82) is 0 Å². The van der Waals surface area contributed by atoms with Crippen LogP contribution in [0.2, 0.25) is 0 Å². The van der Waals surface area contributed by atoms with Gasteiger partial charge in [-0.15, -0.1) is 0 Å². The van der Waals surface area contributed by atoms with E-state index >= 15 is 0 Å². The molecule has 3 nitrogen and oxygen atoms in total. The van der Waals surface area contributed by atoms with Crippen molar-refractivity contribution < 1.29 is 0 Å². The van der Waals surface area contributed by atoms with Gasteiger partial charge < -0.3 is 0 Å². The van der Waals surface area contributed by atoms with Crippen LogP contribution in [0.25, 0.3) is 11.3 Å². The quantitative estimate of drug-likeness (QED) is 0.826. The Kier molecular flexibility index (Phi) is 3.24. The minimum Gasteiger partial charge on any atom is -0.298 e. The Morgan fingerprint density at radius 3 is 2.47 bits per heavy atom. The second-order valence-electron chi connectivity index (χ2n) is 4.15. The molecule has 0 fully saturated rings. The standard InChI is InChI=1S/C13H14N2OS/c1-9(2)15-11(8-12(17)14-13(15)16)10-6-4-3-5-7-10/h3-9H,1-2H3,(H,14,16,17). The number of H-pyrrole nitrogens is 1. The van der Waals surface area contributed by atoms with Crippen LogP contribution in [0.4, 0.5) is 0 Å². The molecule has 2 rings (SSSR count). The zero-order chi connectivity index (χ0) is 12.4. The Bertz CT molecular complexity index is 626. The first-order valence-electron chi connectivity index (χ1n) is 5.51. The predicted molar refractivity (Wildman–Crippen MR) is 71.7 cm³/mol. The summed E-state index contributed by atoms with van der Waals surface area (Å²) in [6.45, 7) is 3.95. The fourth-order valence-corrected chi connectivity index (χ4v) is 2.05. The van der Waals surface area contributed by atoms with E-state index < -0.39 is 0 Å². The highest BCUT2D eigenvalue weighted by Gasteiger charge is 2.09. The second kappa shape index (κ2) is 4.67. The molecule has 0 aliphatic carbocycles. The van der Waals surface area contributed by atoms with E-state index in [1.165, 1.54) is 0 Å². The van der Waals surface area contributed by atoms with Gasteiger partial charge in [-0.25, -0.2) is 4.79 Å². The van der Waals surface area contributed by atoms with Crippen molar-refractivity contribution in [2.45, 2.75) is 19.9 Å². The van der Waals surface area contributed by atoms with Gasteiger partial charge in [-0.05, 0) is 25.5 Å². The molecule has 1 N–H and O–H groups in total. The highest BCUT2D eigenvalue weighted by Crippen LogP contribution is 2.19. The Balaban J connectivity index is 2.77. The van der Waals surface area contributed by atoms with E-state index in [2.05, 4.69) is 4.98 Å². The van der Waals surface area contributed by atoms with E-state index in [1.54, 1.807) is 4.57 Å². The van der Waals surface area contributed by atoms with E-state index in [4.69, 9.17) is 12.2 Å². The van der Waals surface area contributed by atoms with Crippen LogP contribution in [0, 0.1) is 4.64 Å². The molecule has 1 aromatic heterocycles. The number of rotatable bonds is 2.